The van der Waals surface area contributed by atoms with Crippen molar-refractivity contribution in [1.82, 2.24) is 9.97 Å². The topological polar surface area (TPSA) is 38.9 Å². The third kappa shape index (κ3) is 4.03. The molecule has 4 heteroatoms. The average Bonchev–Trinajstić information content (AvgIpc) is 3.86. The molecule has 0 bridgehead atoms. The van der Waals surface area contributed by atoms with Crippen molar-refractivity contribution in [2.24, 2.45) is 0 Å². The molecule has 0 saturated carbocycles. The summed E-state index contributed by atoms with van der Waals surface area (Å²) >= 11 is 1.05. The lowest BCUT2D eigenvalue weighted by Crippen LogP contribution is -1.87. The molecule has 0 N–H and O–H groups in total. The van der Waals surface area contributed by atoms with Gasteiger partial charge >= 0.3 is 0 Å². The van der Waals surface area contributed by atoms with Crippen molar-refractivity contribution in [3.63, 3.8) is 0 Å². The summed E-state index contributed by atoms with van der Waals surface area (Å²) < 4.78 is 179. The molecule has 0 unspecified atom stereocenters. The zero-order valence-electron chi connectivity index (χ0n) is 42.0. The van der Waals surface area contributed by atoms with Crippen molar-refractivity contribution >= 4 is 53.6 Å². The number of rotatable bonds is 4. The second-order valence-corrected chi connectivity index (χ2v) is 10.5. The molecule has 6 aromatic carbocycles. The first kappa shape index (κ1) is 12.2. The first-order valence-corrected chi connectivity index (χ1v) is 13.8. The van der Waals surface area contributed by atoms with Gasteiger partial charge in [0.25, 0.3) is 0 Å². The van der Waals surface area contributed by atoms with Crippen molar-refractivity contribution < 1.29 is 31.8 Å². The van der Waals surface area contributed by atoms with E-state index in [0.717, 1.165) is 17.7 Å². The average molecular weight is 601 g/mol. The molecule has 0 aliphatic heterocycles. The highest BCUT2D eigenvalue weighted by molar-refractivity contribution is 7.26. The van der Waals surface area contributed by atoms with Crippen LogP contribution in [0.2, 0.25) is 0 Å². The van der Waals surface area contributed by atoms with Gasteiger partial charge in [0.2, 0.25) is 0 Å². The third-order valence-corrected chi connectivity index (χ3v) is 8.11. The molecule has 44 heavy (non-hydrogen) atoms. The monoisotopic (exact) mass is 600 g/mol. The van der Waals surface area contributed by atoms with E-state index in [1.165, 1.54) is 6.07 Å². The largest absolute Gasteiger partial charge is 0.455 e. The number of furan rings is 1. The van der Waals surface area contributed by atoms with E-state index in [-0.39, 0.29) is 43.4 Å². The van der Waals surface area contributed by atoms with Crippen LogP contribution >= 0.6 is 11.3 Å². The Kier molecular flexibility index (Phi) is 2.77. The molecule has 0 radical (unpaired) electrons. The molecule has 3 nitrogen and oxygen atoms in total. The summed E-state index contributed by atoms with van der Waals surface area (Å²) in [5.41, 5.74) is -2.61. The fourth-order valence-corrected chi connectivity index (χ4v) is 6.18. The molecule has 9 aromatic rings. The molecule has 3 aromatic heterocycles. The number of para-hydroxylation sites is 2. The van der Waals surface area contributed by atoms with Gasteiger partial charge in [0.15, 0.2) is 0 Å². The lowest BCUT2D eigenvalue weighted by Gasteiger charge is -2.07. The molecule has 0 atom stereocenters. The predicted octanol–water partition coefficient (Wildman–Crippen LogP) is 11.4. The molecular weight excluding hydrogens is 557 g/mol. The van der Waals surface area contributed by atoms with Gasteiger partial charge in [-0.3, -0.25) is 0 Å². The van der Waals surface area contributed by atoms with E-state index >= 15 is 0 Å². The SMILES string of the molecule is [2H]c1c([2H])c([2H])c(-c2c([2H])c([2H])c([2H])c(-c3ccc4c(c3)sc3c(-c5c([2H])c([2H])c([2H])c(-c6c([2H])c([2H])c([2H])c7c6oc6c([2H])c([2H])c([2H])c([2H])c67)c5[2H])ncnc34)c2[2H])c([2H])c1[2H]. The lowest BCUT2D eigenvalue weighted by atomic mass is 9.98. The van der Waals surface area contributed by atoms with Gasteiger partial charge in [0, 0.05) is 32.0 Å². The molecule has 0 aliphatic carbocycles. The number of hydrogen-bond acceptors (Lipinski definition) is 4. The summed E-state index contributed by atoms with van der Waals surface area (Å²) in [5.74, 6) is 0. The van der Waals surface area contributed by atoms with Gasteiger partial charge in [-0.1, -0.05) is 115 Å². The highest BCUT2D eigenvalue weighted by atomic mass is 32.1. The lowest BCUT2D eigenvalue weighted by molar-refractivity contribution is 0.670. The minimum absolute atomic E-state index is 0.0505. The number of benzene rings is 6. The van der Waals surface area contributed by atoms with Gasteiger partial charge in [0.05, 0.1) is 43.3 Å². The number of nitrogens with zero attached hydrogens (tertiary/aromatic N) is 2. The zero-order chi connectivity index (χ0) is 46.4. The molecule has 0 saturated heterocycles. The Morgan fingerprint density at radius 3 is 2.18 bits per heavy atom. The third-order valence-electron chi connectivity index (χ3n) is 6.96. The summed E-state index contributed by atoms with van der Waals surface area (Å²) in [6.45, 7) is 0. The number of fused-ring (bicyclic) bond motifs is 6. The Balaban J connectivity index is 1.29. The van der Waals surface area contributed by atoms with E-state index in [0.29, 0.717) is 15.6 Å². The fourth-order valence-electron chi connectivity index (χ4n) is 4.99. The van der Waals surface area contributed by atoms with Crippen LogP contribution in [-0.4, -0.2) is 9.97 Å². The van der Waals surface area contributed by atoms with Gasteiger partial charge in [-0.25, -0.2) is 9.97 Å². The number of aromatic nitrogens is 2. The van der Waals surface area contributed by atoms with Gasteiger partial charge in [-0.2, -0.15) is 0 Å². The Morgan fingerprint density at radius 2 is 1.27 bits per heavy atom. The highest BCUT2D eigenvalue weighted by Crippen LogP contribution is 2.41. The molecule has 206 valence electrons. The summed E-state index contributed by atoms with van der Waals surface area (Å²) in [7, 11) is 0. The van der Waals surface area contributed by atoms with E-state index in [1.54, 1.807) is 12.1 Å². The van der Waals surface area contributed by atoms with Crippen LogP contribution in [0.5, 0.6) is 0 Å². The molecule has 0 amide bonds. The number of hydrogen-bond donors (Lipinski definition) is 0. The molecule has 0 fully saturated rings. The molecular formula is C40H24N2OS. The Bertz CT molecular complexity index is 3610. The first-order chi connectivity index (χ1) is 30.1. The Morgan fingerprint density at radius 1 is 0.568 bits per heavy atom. The van der Waals surface area contributed by atoms with Crippen molar-refractivity contribution in [3.8, 4) is 44.6 Å². The molecule has 9 rings (SSSR count). The zero-order valence-corrected chi connectivity index (χ0v) is 22.8. The highest BCUT2D eigenvalue weighted by Gasteiger charge is 2.16. The molecule has 3 heterocycles. The van der Waals surface area contributed by atoms with Crippen LogP contribution < -0.4 is 0 Å². The van der Waals surface area contributed by atoms with Crippen molar-refractivity contribution in [1.29, 1.82) is 0 Å². The van der Waals surface area contributed by atoms with Crippen LogP contribution in [-0.2, 0) is 0 Å². The summed E-state index contributed by atoms with van der Waals surface area (Å²) in [5, 5.41) is -0.0332. The van der Waals surface area contributed by atoms with E-state index in [9.17, 15) is 1.37 Å². The van der Waals surface area contributed by atoms with Gasteiger partial charge in [0.1, 0.15) is 17.5 Å². The van der Waals surface area contributed by atoms with Crippen LogP contribution in [0.1, 0.15) is 27.4 Å². The van der Waals surface area contributed by atoms with E-state index in [1.807, 2.05) is 0 Å². The van der Waals surface area contributed by atoms with Crippen LogP contribution in [0.25, 0.3) is 86.9 Å². The Labute approximate surface area is 285 Å². The quantitative estimate of drug-likeness (QED) is 0.202. The van der Waals surface area contributed by atoms with Gasteiger partial charge < -0.3 is 4.42 Å². The van der Waals surface area contributed by atoms with Crippen molar-refractivity contribution in [3.05, 3.63) is 145 Å². The van der Waals surface area contributed by atoms with Gasteiger partial charge in [-0.15, -0.1) is 11.3 Å². The maximum Gasteiger partial charge on any atom is 0.143 e. The molecule has 0 spiro atoms. The smallest absolute Gasteiger partial charge is 0.143 e. The second kappa shape index (κ2) is 10.0. The maximum atomic E-state index is 9.50. The number of thiophene rings is 1. The van der Waals surface area contributed by atoms with Crippen molar-refractivity contribution in [2.45, 2.75) is 0 Å². The van der Waals surface area contributed by atoms with Crippen molar-refractivity contribution in [2.75, 3.05) is 0 Å². The van der Waals surface area contributed by atoms with Crippen LogP contribution in [0.4, 0.5) is 0 Å². The molecule has 0 aliphatic rings. The van der Waals surface area contributed by atoms with Crippen LogP contribution in [0, 0.1) is 0 Å². The summed E-state index contributed by atoms with van der Waals surface area (Å²) in [6.07, 6.45) is 1.15. The maximum absolute atomic E-state index is 9.50. The van der Waals surface area contributed by atoms with Crippen LogP contribution in [0.15, 0.2) is 150 Å². The van der Waals surface area contributed by atoms with Gasteiger partial charge in [-0.05, 0) is 52.0 Å². The minimum atomic E-state index is -0.718. The predicted molar refractivity (Wildman–Crippen MR) is 184 cm³/mol. The van der Waals surface area contributed by atoms with Crippen LogP contribution in [0.3, 0.4) is 0 Å². The van der Waals surface area contributed by atoms with E-state index in [2.05, 4.69) is 9.97 Å². The van der Waals surface area contributed by atoms with E-state index in [4.69, 9.17) is 30.5 Å². The standard InChI is InChI=1S/C40H24N2OS/c1-2-9-25(10-3-1)26-11-6-12-27(21-26)28-19-20-34-36(23-28)44-40-37(41-24-42-38(34)40)30-14-7-13-29(22-30)31-16-8-17-33-32-15-4-5-18-35(32)43-39(31)33/h1-24H/i1D,2D,3D,4D,5D,6D,7D,8D,9D,10D,11D,12D,13D,14D,15D,16D,17D,18D,21D,22D. The van der Waals surface area contributed by atoms with E-state index < -0.39 is 149 Å². The minimum Gasteiger partial charge on any atom is -0.455 e. The Hall–Kier alpha value is -5.58. The second-order valence-electron chi connectivity index (χ2n) is 9.47. The normalized spacial score (nSPS) is 18.0. The fraction of sp³-hybridized carbons (Fsp3) is 0. The summed E-state index contributed by atoms with van der Waals surface area (Å²) in [4.78, 5) is 8.85. The first-order valence-electron chi connectivity index (χ1n) is 23.0. The summed E-state index contributed by atoms with van der Waals surface area (Å²) in [6, 6.07) is -8.36.